The first-order valence-electron chi connectivity index (χ1n) is 6.14. The molecule has 1 aromatic rings. The molecule has 0 bridgehead atoms. The third kappa shape index (κ3) is 1.59. The number of likely N-dealkylation sites (tertiary alicyclic amines) is 1. The minimum atomic E-state index is -1.26. The average molecular weight is 249 g/mol. The fraction of sp³-hybridized carbons (Fsp3) is 0.500. The number of amides is 1. The van der Waals surface area contributed by atoms with Gasteiger partial charge in [-0.2, -0.15) is 0 Å². The third-order valence-corrected chi connectivity index (χ3v) is 4.15. The first-order chi connectivity index (χ1) is 8.54. The number of alkyl halides is 1. The molecule has 0 N–H and O–H groups in total. The fourth-order valence-electron chi connectivity index (χ4n) is 2.88. The van der Waals surface area contributed by atoms with Gasteiger partial charge in [-0.25, -0.2) is 4.39 Å². The maximum Gasteiger partial charge on any atom is 0.229 e. The number of hydrogen-bond donors (Lipinski definition) is 0. The zero-order valence-corrected chi connectivity index (χ0v) is 10.5. The Morgan fingerprint density at radius 2 is 2.11 bits per heavy atom. The normalized spacial score (nSPS) is 33.5. The van der Waals surface area contributed by atoms with Crippen LogP contribution in [-0.4, -0.2) is 30.1 Å². The molecule has 3 atom stereocenters. The number of benzene rings is 1. The molecule has 1 aliphatic heterocycles. The molecule has 0 aromatic heterocycles. The summed E-state index contributed by atoms with van der Waals surface area (Å²) in [6.45, 7) is 2.64. The van der Waals surface area contributed by atoms with Crippen LogP contribution in [0.15, 0.2) is 24.3 Å². The van der Waals surface area contributed by atoms with Crippen LogP contribution in [0.4, 0.5) is 4.39 Å². The topological polar surface area (TPSA) is 29.5 Å². The monoisotopic (exact) mass is 249 g/mol. The van der Waals surface area contributed by atoms with Crippen molar-refractivity contribution in [3.63, 3.8) is 0 Å². The van der Waals surface area contributed by atoms with Crippen LogP contribution in [0.5, 0.6) is 5.75 Å². The molecule has 4 heteroatoms. The molecule has 1 aromatic carbocycles. The highest BCUT2D eigenvalue weighted by atomic mass is 19.1. The molecule has 0 spiro atoms. The van der Waals surface area contributed by atoms with Gasteiger partial charge in [-0.1, -0.05) is 12.1 Å². The van der Waals surface area contributed by atoms with E-state index in [1.165, 1.54) is 6.92 Å². The summed E-state index contributed by atoms with van der Waals surface area (Å²) >= 11 is 0. The molecular formula is C14H16FNO2. The van der Waals surface area contributed by atoms with Gasteiger partial charge in [0.2, 0.25) is 5.91 Å². The molecule has 3 unspecified atom stereocenters. The van der Waals surface area contributed by atoms with Gasteiger partial charge in [0, 0.05) is 19.0 Å². The van der Waals surface area contributed by atoms with Crippen molar-refractivity contribution in [3.8, 4) is 5.75 Å². The number of fused-ring (bicyclic) bond motifs is 1. The van der Waals surface area contributed by atoms with Crippen molar-refractivity contribution in [1.29, 1.82) is 0 Å². The zero-order valence-electron chi connectivity index (χ0n) is 10.5. The molecule has 1 heterocycles. The largest absolute Gasteiger partial charge is 0.497 e. The van der Waals surface area contributed by atoms with Crippen LogP contribution in [0, 0.1) is 11.8 Å². The maximum atomic E-state index is 13.7. The van der Waals surface area contributed by atoms with E-state index >= 15 is 0 Å². The van der Waals surface area contributed by atoms with Crippen LogP contribution in [0.2, 0.25) is 0 Å². The van der Waals surface area contributed by atoms with Gasteiger partial charge in [0.05, 0.1) is 13.0 Å². The van der Waals surface area contributed by atoms with Crippen molar-refractivity contribution >= 4 is 5.91 Å². The van der Waals surface area contributed by atoms with Gasteiger partial charge >= 0.3 is 0 Å². The van der Waals surface area contributed by atoms with Crippen molar-refractivity contribution in [2.75, 3.05) is 13.7 Å². The summed E-state index contributed by atoms with van der Waals surface area (Å²) in [7, 11) is 1.62. The van der Waals surface area contributed by atoms with Crippen LogP contribution in [0.3, 0.4) is 0 Å². The van der Waals surface area contributed by atoms with Crippen molar-refractivity contribution in [2.24, 2.45) is 11.8 Å². The van der Waals surface area contributed by atoms with Crippen molar-refractivity contribution in [2.45, 2.75) is 19.1 Å². The zero-order chi connectivity index (χ0) is 12.9. The van der Waals surface area contributed by atoms with E-state index < -0.39 is 11.6 Å². The summed E-state index contributed by atoms with van der Waals surface area (Å²) in [4.78, 5) is 13.7. The number of carbonyl (C=O) groups is 1. The van der Waals surface area contributed by atoms with Crippen molar-refractivity contribution in [3.05, 3.63) is 29.8 Å². The van der Waals surface area contributed by atoms with E-state index in [4.69, 9.17) is 4.74 Å². The lowest BCUT2D eigenvalue weighted by atomic mass is 10.2. The Balaban J connectivity index is 1.66. The highest BCUT2D eigenvalue weighted by Gasteiger charge is 2.71. The van der Waals surface area contributed by atoms with Crippen LogP contribution < -0.4 is 4.74 Å². The Labute approximate surface area is 106 Å². The van der Waals surface area contributed by atoms with E-state index in [-0.39, 0.29) is 11.8 Å². The maximum absolute atomic E-state index is 13.7. The van der Waals surface area contributed by atoms with E-state index in [1.54, 1.807) is 12.0 Å². The van der Waals surface area contributed by atoms with Gasteiger partial charge in [-0.3, -0.25) is 4.79 Å². The third-order valence-electron chi connectivity index (χ3n) is 4.15. The van der Waals surface area contributed by atoms with Gasteiger partial charge in [-0.05, 0) is 24.6 Å². The molecule has 1 amide bonds. The standard InChI is InChI=1S/C14H16FNO2/c1-14(15)11-8-16(13(17)12(11)14)7-9-3-5-10(18-2)6-4-9/h3-6,11-12H,7-8H2,1-2H3. The molecule has 1 saturated heterocycles. The van der Waals surface area contributed by atoms with Gasteiger partial charge < -0.3 is 9.64 Å². The second kappa shape index (κ2) is 3.70. The van der Waals surface area contributed by atoms with E-state index in [0.717, 1.165) is 11.3 Å². The van der Waals surface area contributed by atoms with E-state index in [0.29, 0.717) is 13.1 Å². The predicted octanol–water partition coefficient (Wildman–Crippen LogP) is 2.01. The smallest absolute Gasteiger partial charge is 0.229 e. The Bertz CT molecular complexity index is 483. The molecular weight excluding hydrogens is 233 g/mol. The molecule has 3 nitrogen and oxygen atoms in total. The van der Waals surface area contributed by atoms with Crippen molar-refractivity contribution < 1.29 is 13.9 Å². The Hall–Kier alpha value is -1.58. The molecule has 2 fully saturated rings. The van der Waals surface area contributed by atoms with E-state index in [9.17, 15) is 9.18 Å². The summed E-state index contributed by atoms with van der Waals surface area (Å²) in [6.07, 6.45) is 0. The summed E-state index contributed by atoms with van der Waals surface area (Å²) in [6, 6.07) is 7.61. The first-order valence-corrected chi connectivity index (χ1v) is 6.14. The Morgan fingerprint density at radius 1 is 1.44 bits per heavy atom. The number of rotatable bonds is 3. The van der Waals surface area contributed by atoms with Gasteiger partial charge in [0.25, 0.3) is 0 Å². The van der Waals surface area contributed by atoms with Crippen molar-refractivity contribution in [1.82, 2.24) is 4.90 Å². The molecule has 3 rings (SSSR count). The van der Waals surface area contributed by atoms with E-state index in [1.807, 2.05) is 24.3 Å². The number of carbonyl (C=O) groups excluding carboxylic acids is 1. The quantitative estimate of drug-likeness (QED) is 0.820. The van der Waals surface area contributed by atoms with Gasteiger partial charge in [-0.15, -0.1) is 0 Å². The molecule has 1 saturated carbocycles. The van der Waals surface area contributed by atoms with Crippen LogP contribution in [0.1, 0.15) is 12.5 Å². The SMILES string of the molecule is COc1ccc(CN2CC3C(C2=O)C3(C)F)cc1. The molecule has 1 aliphatic carbocycles. The van der Waals surface area contributed by atoms with Crippen LogP contribution >= 0.6 is 0 Å². The fourth-order valence-corrected chi connectivity index (χ4v) is 2.88. The number of nitrogens with zero attached hydrogens (tertiary/aromatic N) is 1. The number of hydrogen-bond acceptors (Lipinski definition) is 2. The second-order valence-corrected chi connectivity index (χ2v) is 5.30. The molecule has 96 valence electrons. The lowest BCUT2D eigenvalue weighted by Crippen LogP contribution is -2.32. The van der Waals surface area contributed by atoms with Gasteiger partial charge in [0.1, 0.15) is 11.4 Å². The first kappa shape index (κ1) is 11.5. The summed E-state index contributed by atoms with van der Waals surface area (Å²) in [5.41, 5.74) is -0.209. The highest BCUT2D eigenvalue weighted by Crippen LogP contribution is 2.58. The lowest BCUT2D eigenvalue weighted by molar-refractivity contribution is -0.132. The van der Waals surface area contributed by atoms with Gasteiger partial charge in [0.15, 0.2) is 0 Å². The summed E-state index contributed by atoms with van der Waals surface area (Å²) in [5, 5.41) is 0. The summed E-state index contributed by atoms with van der Waals surface area (Å²) < 4.78 is 18.8. The Morgan fingerprint density at radius 3 is 2.61 bits per heavy atom. The highest BCUT2D eigenvalue weighted by molar-refractivity contribution is 5.87. The number of halogens is 1. The second-order valence-electron chi connectivity index (χ2n) is 5.30. The molecule has 0 radical (unpaired) electrons. The average Bonchev–Trinajstić information content (AvgIpc) is 2.71. The van der Waals surface area contributed by atoms with E-state index in [2.05, 4.69) is 0 Å². The number of methoxy groups -OCH3 is 1. The minimum absolute atomic E-state index is 0.0409. The summed E-state index contributed by atoms with van der Waals surface area (Å²) in [5.74, 6) is 0.269. The molecule has 18 heavy (non-hydrogen) atoms. The Kier molecular flexibility index (Phi) is 2.37. The van der Waals surface area contributed by atoms with Crippen LogP contribution in [-0.2, 0) is 11.3 Å². The van der Waals surface area contributed by atoms with Crippen LogP contribution in [0.25, 0.3) is 0 Å². The number of piperidine rings is 1. The minimum Gasteiger partial charge on any atom is -0.497 e. The molecule has 2 aliphatic rings. The lowest BCUT2D eigenvalue weighted by Gasteiger charge is -2.21. The predicted molar refractivity (Wildman–Crippen MR) is 64.9 cm³/mol. The number of ether oxygens (including phenoxy) is 1.